The highest BCUT2D eigenvalue weighted by Crippen LogP contribution is 2.35. The predicted octanol–water partition coefficient (Wildman–Crippen LogP) is 6.44. The summed E-state index contributed by atoms with van der Waals surface area (Å²) in [5.74, 6) is 2.40. The highest BCUT2D eigenvalue weighted by molar-refractivity contribution is 5.85. The zero-order valence-electron chi connectivity index (χ0n) is 30.0. The second-order valence-corrected chi connectivity index (χ2v) is 13.0. The number of fused-ring (bicyclic) bond motifs is 2. The number of primary amides is 2. The number of likely N-dealkylation sites (tertiary alicyclic amines) is 1. The Morgan fingerprint density at radius 1 is 0.661 bits per heavy atom. The van der Waals surface area contributed by atoms with E-state index in [0.717, 1.165) is 63.0 Å². The van der Waals surface area contributed by atoms with Crippen molar-refractivity contribution < 1.29 is 33.3 Å². The number of nitrogens with two attached hydrogens (primary N) is 2. The van der Waals surface area contributed by atoms with Crippen molar-refractivity contribution in [2.45, 2.75) is 52.9 Å². The predicted molar refractivity (Wildman–Crippen MR) is 217 cm³/mol. The molecule has 2 aromatic carbocycles. The molecule has 2 atom stereocenters. The van der Waals surface area contributed by atoms with Gasteiger partial charge in [0, 0.05) is 63.8 Å². The van der Waals surface area contributed by atoms with Crippen LogP contribution >= 0.6 is 12.4 Å². The molecule has 4 aliphatic heterocycles. The van der Waals surface area contributed by atoms with E-state index in [2.05, 4.69) is 39.1 Å². The summed E-state index contributed by atoms with van der Waals surface area (Å²) < 4.78 is 23.0. The number of urea groups is 2. The maximum absolute atomic E-state index is 11.2. The minimum Gasteiger partial charge on any atom is -0.484 e. The molecule has 4 N–H and O–H groups in total. The zero-order chi connectivity index (χ0) is 37.0. The fraction of sp³-hybridized carbons (Fsp3) is 0.390. The van der Waals surface area contributed by atoms with E-state index in [9.17, 15) is 14.4 Å². The molecule has 0 spiro atoms. The number of aromatic nitrogens is 2. The number of nitrogens with zero attached hydrogens (tertiary/aromatic N) is 5. The van der Waals surface area contributed by atoms with Crippen LogP contribution in [-0.2, 0) is 6.54 Å². The fourth-order valence-corrected chi connectivity index (χ4v) is 6.27. The summed E-state index contributed by atoms with van der Waals surface area (Å²) in [5, 5.41) is 0. The van der Waals surface area contributed by atoms with Crippen molar-refractivity contribution in [3.05, 3.63) is 107 Å². The third kappa shape index (κ3) is 12.2. The molecule has 4 amide bonds. The van der Waals surface area contributed by atoms with Gasteiger partial charge in [-0.2, -0.15) is 0 Å². The second-order valence-electron chi connectivity index (χ2n) is 13.0. The number of carbonyl (C=O) groups excluding carboxylic acids is 3. The number of hydrogen-bond acceptors (Lipinski definition) is 10. The monoisotopic (exact) mass is 791 g/mol. The molecule has 8 rings (SSSR count). The Balaban J connectivity index is 0.000000244. The first-order chi connectivity index (χ1) is 25.9. The second kappa shape index (κ2) is 22.1. The quantitative estimate of drug-likeness (QED) is 0.214. The Labute approximate surface area is 335 Å². The zero-order valence-corrected chi connectivity index (χ0v) is 30.8. The van der Waals surface area contributed by atoms with E-state index in [4.69, 9.17) is 30.4 Å². The third-order valence-electron chi connectivity index (χ3n) is 9.31. The maximum atomic E-state index is 11.2. The van der Waals surface area contributed by atoms with Gasteiger partial charge in [-0.15, -0.1) is 12.4 Å². The average Bonchev–Trinajstić information content (AvgIpc) is 3.22. The largest absolute Gasteiger partial charge is 0.484 e. The summed E-state index contributed by atoms with van der Waals surface area (Å²) in [6.07, 6.45) is 7.32. The first-order valence-corrected chi connectivity index (χ1v) is 17.8. The maximum Gasteiger partial charge on any atom is 0.314 e. The molecule has 6 heterocycles. The molecule has 0 unspecified atom stereocenters. The summed E-state index contributed by atoms with van der Waals surface area (Å²) >= 11 is 0. The van der Waals surface area contributed by atoms with Gasteiger partial charge in [-0.1, -0.05) is 63.4 Å². The van der Waals surface area contributed by atoms with Gasteiger partial charge in [0.05, 0.1) is 0 Å². The molecule has 56 heavy (non-hydrogen) atoms. The van der Waals surface area contributed by atoms with Gasteiger partial charge in [-0.05, 0) is 60.2 Å². The summed E-state index contributed by atoms with van der Waals surface area (Å²) in [6, 6.07) is 22.4. The van der Waals surface area contributed by atoms with E-state index in [1.165, 1.54) is 12.0 Å². The highest BCUT2D eigenvalue weighted by Gasteiger charge is 2.25. The summed E-state index contributed by atoms with van der Waals surface area (Å²) in [4.78, 5) is 46.3. The van der Waals surface area contributed by atoms with Crippen molar-refractivity contribution >= 4 is 30.8 Å². The Bertz CT molecular complexity index is 1820. The lowest BCUT2D eigenvalue weighted by Gasteiger charge is -2.33. The van der Waals surface area contributed by atoms with Crippen molar-refractivity contribution in [3.8, 4) is 23.3 Å². The number of halogens is 1. The van der Waals surface area contributed by atoms with Crippen molar-refractivity contribution in [3.63, 3.8) is 0 Å². The van der Waals surface area contributed by atoms with Gasteiger partial charge in [-0.3, -0.25) is 9.69 Å². The van der Waals surface area contributed by atoms with Gasteiger partial charge < -0.3 is 40.2 Å². The Kier molecular flexibility index (Phi) is 17.7. The van der Waals surface area contributed by atoms with Crippen LogP contribution in [0.1, 0.15) is 73.4 Å². The number of pyridine rings is 2. The molecule has 2 saturated heterocycles. The smallest absolute Gasteiger partial charge is 0.314 e. The number of benzene rings is 2. The van der Waals surface area contributed by atoms with E-state index < -0.39 is 0 Å². The van der Waals surface area contributed by atoms with Crippen LogP contribution in [0.25, 0.3) is 0 Å². The van der Waals surface area contributed by atoms with Crippen LogP contribution in [-0.4, -0.2) is 95.5 Å². The van der Waals surface area contributed by atoms with Gasteiger partial charge in [0.2, 0.25) is 0 Å². The topological polar surface area (TPSA) is 176 Å². The molecule has 0 bridgehead atoms. The molecule has 0 saturated carbocycles. The van der Waals surface area contributed by atoms with E-state index in [1.807, 2.05) is 30.3 Å². The standard InChI is InChI=1S/C19H22N4O3.C14H11NO3.C6H12N2O.2CH4.ClH/c20-19(24)23-10-8-22(9-11-23)12-14-3-5-15(6-4-14)17-13-25-16-2-1-7-21-18(16)26-17;16-8-10-3-5-11(6-4-10)13-9-17-12-2-1-7-15-14(12)18-13;7-6(9)8-4-2-1-3-5-8;;;/h1-7,17H,8-13H2,(H2,20,24);1-8,13H,9H2;1-5H2,(H2,7,9);2*1H4;1H/t17-;13-;;;;/m11..../s1. The highest BCUT2D eigenvalue weighted by atomic mass is 35.5. The molecule has 4 aliphatic rings. The van der Waals surface area contributed by atoms with E-state index >= 15 is 0 Å². The van der Waals surface area contributed by atoms with Gasteiger partial charge in [0.1, 0.15) is 19.5 Å². The molecule has 0 radical (unpaired) electrons. The van der Waals surface area contributed by atoms with Crippen LogP contribution in [0.2, 0.25) is 0 Å². The van der Waals surface area contributed by atoms with E-state index in [0.29, 0.717) is 55.1 Å². The Morgan fingerprint density at radius 3 is 1.57 bits per heavy atom. The first kappa shape index (κ1) is 44.8. The third-order valence-corrected chi connectivity index (χ3v) is 9.31. The van der Waals surface area contributed by atoms with Crippen LogP contribution < -0.4 is 30.4 Å². The normalized spacial score (nSPS) is 18.0. The number of aldehydes is 1. The Morgan fingerprint density at radius 2 is 1.12 bits per heavy atom. The molecular weight excluding hydrogens is 738 g/mol. The molecule has 15 heteroatoms. The number of ether oxygens (including phenoxy) is 4. The fourth-order valence-electron chi connectivity index (χ4n) is 6.27. The number of piperidine rings is 1. The molecular formula is C41H54ClN7O7. The van der Waals surface area contributed by atoms with E-state index in [1.54, 1.807) is 40.4 Å². The average molecular weight is 792 g/mol. The van der Waals surface area contributed by atoms with Crippen molar-refractivity contribution in [2.24, 2.45) is 11.5 Å². The molecule has 2 aromatic heterocycles. The summed E-state index contributed by atoms with van der Waals surface area (Å²) in [5.41, 5.74) is 14.3. The summed E-state index contributed by atoms with van der Waals surface area (Å²) in [6.45, 7) is 6.55. The van der Waals surface area contributed by atoms with Crippen LogP contribution in [0.4, 0.5) is 9.59 Å². The van der Waals surface area contributed by atoms with Crippen LogP contribution in [0.15, 0.2) is 85.2 Å². The lowest BCUT2D eigenvalue weighted by atomic mass is 10.1. The van der Waals surface area contributed by atoms with Crippen LogP contribution in [0.5, 0.6) is 23.3 Å². The number of carbonyl (C=O) groups is 3. The number of hydrogen-bond donors (Lipinski definition) is 2. The molecule has 14 nitrogen and oxygen atoms in total. The summed E-state index contributed by atoms with van der Waals surface area (Å²) in [7, 11) is 0. The minimum absolute atomic E-state index is 0. The van der Waals surface area contributed by atoms with Crippen LogP contribution in [0, 0.1) is 0 Å². The van der Waals surface area contributed by atoms with Crippen molar-refractivity contribution in [2.75, 3.05) is 52.5 Å². The van der Waals surface area contributed by atoms with Gasteiger partial charge >= 0.3 is 12.1 Å². The number of rotatable bonds is 5. The van der Waals surface area contributed by atoms with Crippen molar-refractivity contribution in [1.82, 2.24) is 24.7 Å². The van der Waals surface area contributed by atoms with Gasteiger partial charge in [0.15, 0.2) is 23.7 Å². The van der Waals surface area contributed by atoms with Gasteiger partial charge in [-0.25, -0.2) is 19.6 Å². The lowest BCUT2D eigenvalue weighted by molar-refractivity contribution is 0.0850. The number of piperazine rings is 1. The SMILES string of the molecule is C.C.Cl.NC(=O)N1CCCCC1.NC(=O)N1CCN(Cc2ccc([C@H]3COc4cccnc4O3)cc2)CC1.O=Cc1ccc([C@H]2COc3cccnc3O2)cc1. The number of amides is 4. The lowest BCUT2D eigenvalue weighted by Crippen LogP contribution is -2.50. The van der Waals surface area contributed by atoms with Crippen LogP contribution in [0.3, 0.4) is 0 Å². The Hall–Kier alpha value is -5.60. The van der Waals surface area contributed by atoms with Gasteiger partial charge in [0.25, 0.3) is 11.8 Å². The first-order valence-electron chi connectivity index (χ1n) is 17.8. The van der Waals surface area contributed by atoms with E-state index in [-0.39, 0.29) is 51.5 Å². The molecule has 4 aromatic rings. The van der Waals surface area contributed by atoms with Crippen molar-refractivity contribution in [1.29, 1.82) is 0 Å². The molecule has 0 aliphatic carbocycles. The minimum atomic E-state index is -0.334. The molecule has 2 fully saturated rings. The molecule has 302 valence electrons.